The van der Waals surface area contributed by atoms with Gasteiger partial charge in [-0.3, -0.25) is 0 Å². The Balaban J connectivity index is 2.22. The van der Waals surface area contributed by atoms with Crippen LogP contribution in [0, 0.1) is 0 Å². The molecule has 0 aliphatic carbocycles. The third-order valence-electron chi connectivity index (χ3n) is 1.59. The molecule has 0 radical (unpaired) electrons. The van der Waals surface area contributed by atoms with Gasteiger partial charge in [0.1, 0.15) is 0 Å². The first kappa shape index (κ1) is 11.5. The maximum Gasteiger partial charge on any atom is 0.415 e. The summed E-state index contributed by atoms with van der Waals surface area (Å²) in [6.07, 6.45) is -6.83. The van der Waals surface area contributed by atoms with Crippen LogP contribution in [0.15, 0.2) is 17.5 Å². The average molecular weight is 225 g/mol. The number of aliphatic hydroxyl groups is 1. The third kappa shape index (κ3) is 3.65. The topological polar surface area (TPSA) is 32.3 Å². The van der Waals surface area contributed by atoms with Gasteiger partial charge in [-0.1, -0.05) is 6.07 Å². The van der Waals surface area contributed by atoms with Crippen LogP contribution in [0.3, 0.4) is 0 Å². The minimum Gasteiger partial charge on any atom is -0.382 e. The molecular weight excluding hydrogens is 215 g/mol. The monoisotopic (exact) mass is 225 g/mol. The van der Waals surface area contributed by atoms with Crippen LogP contribution in [0.25, 0.3) is 0 Å². The van der Waals surface area contributed by atoms with Crippen LogP contribution in [0.5, 0.6) is 0 Å². The fraction of sp³-hybridized carbons (Fsp3) is 0.500. The summed E-state index contributed by atoms with van der Waals surface area (Å²) < 4.78 is 35.5. The molecule has 0 aliphatic heterocycles. The molecule has 80 valence electrons. The second kappa shape index (κ2) is 4.77. The highest BCUT2D eigenvalue weighted by Crippen LogP contribution is 2.19. The molecule has 0 aromatic carbocycles. The number of aliphatic hydroxyl groups excluding tert-OH is 1. The van der Waals surface area contributed by atoms with E-state index in [0.717, 1.165) is 4.88 Å². The van der Waals surface area contributed by atoms with Gasteiger partial charge in [0.25, 0.3) is 0 Å². The van der Waals surface area contributed by atoms with Crippen LogP contribution in [-0.4, -0.2) is 23.9 Å². The highest BCUT2D eigenvalue weighted by Gasteiger charge is 2.37. The van der Waals surface area contributed by atoms with Crippen molar-refractivity contribution in [1.82, 2.24) is 5.32 Å². The first-order valence-corrected chi connectivity index (χ1v) is 4.86. The van der Waals surface area contributed by atoms with Gasteiger partial charge in [-0.25, -0.2) is 0 Å². The summed E-state index contributed by atoms with van der Waals surface area (Å²) in [5.74, 6) is 0. The quantitative estimate of drug-likeness (QED) is 0.818. The number of nitrogens with one attached hydrogen (secondary N) is 1. The number of rotatable bonds is 4. The Morgan fingerprint density at radius 3 is 2.71 bits per heavy atom. The standard InChI is InChI=1S/C8H10F3NOS/c9-8(10,11)7(13)5-12-4-6-2-1-3-14-6/h1-3,7,12-13H,4-5H2. The normalized spacial score (nSPS) is 14.3. The molecular formula is C8H10F3NOS. The molecule has 1 atom stereocenters. The number of alkyl halides is 3. The van der Waals surface area contributed by atoms with Crippen molar-refractivity contribution in [1.29, 1.82) is 0 Å². The predicted octanol–water partition coefficient (Wildman–Crippen LogP) is 1.76. The van der Waals surface area contributed by atoms with Crippen LogP contribution >= 0.6 is 11.3 Å². The molecule has 1 aromatic heterocycles. The molecule has 6 heteroatoms. The lowest BCUT2D eigenvalue weighted by molar-refractivity contribution is -0.201. The zero-order valence-electron chi connectivity index (χ0n) is 7.21. The van der Waals surface area contributed by atoms with Crippen LogP contribution < -0.4 is 5.32 Å². The molecule has 14 heavy (non-hydrogen) atoms. The van der Waals surface area contributed by atoms with E-state index in [2.05, 4.69) is 5.32 Å². The molecule has 0 spiro atoms. The van der Waals surface area contributed by atoms with E-state index in [-0.39, 0.29) is 0 Å². The van der Waals surface area contributed by atoms with E-state index in [4.69, 9.17) is 5.11 Å². The van der Waals surface area contributed by atoms with E-state index in [1.807, 2.05) is 17.5 Å². The minimum atomic E-state index is -4.54. The van der Waals surface area contributed by atoms with Crippen molar-refractivity contribution in [2.24, 2.45) is 0 Å². The van der Waals surface area contributed by atoms with Crippen molar-refractivity contribution in [3.8, 4) is 0 Å². The predicted molar refractivity (Wildman–Crippen MR) is 48.1 cm³/mol. The maximum absolute atomic E-state index is 11.8. The molecule has 1 rings (SSSR count). The summed E-state index contributed by atoms with van der Waals surface area (Å²) in [5.41, 5.74) is 0. The number of halogens is 3. The highest BCUT2D eigenvalue weighted by molar-refractivity contribution is 7.09. The van der Waals surface area contributed by atoms with E-state index >= 15 is 0 Å². The van der Waals surface area contributed by atoms with E-state index in [9.17, 15) is 13.2 Å². The number of thiophene rings is 1. The van der Waals surface area contributed by atoms with Gasteiger partial charge in [0, 0.05) is 18.0 Å². The lowest BCUT2D eigenvalue weighted by Gasteiger charge is -2.14. The molecule has 0 saturated heterocycles. The summed E-state index contributed by atoms with van der Waals surface area (Å²) in [5, 5.41) is 13.0. The van der Waals surface area contributed by atoms with Crippen molar-refractivity contribution >= 4 is 11.3 Å². The minimum absolute atomic E-state index is 0.352. The Kier molecular flexibility index (Phi) is 3.91. The Labute approximate surface area is 83.4 Å². The van der Waals surface area contributed by atoms with E-state index in [1.165, 1.54) is 11.3 Å². The molecule has 0 aliphatic rings. The fourth-order valence-corrected chi connectivity index (χ4v) is 1.54. The SMILES string of the molecule is OC(CNCc1cccs1)C(F)(F)F. The third-order valence-corrected chi connectivity index (χ3v) is 2.47. The summed E-state index contributed by atoms with van der Waals surface area (Å²) in [4.78, 5) is 0.944. The van der Waals surface area contributed by atoms with Crippen molar-refractivity contribution in [3.63, 3.8) is 0 Å². The van der Waals surface area contributed by atoms with Gasteiger partial charge in [-0.05, 0) is 11.4 Å². The molecule has 0 saturated carbocycles. The Morgan fingerprint density at radius 2 is 2.21 bits per heavy atom. The van der Waals surface area contributed by atoms with Crippen LogP contribution in [0.2, 0.25) is 0 Å². The zero-order chi connectivity index (χ0) is 10.6. The van der Waals surface area contributed by atoms with Crippen molar-refractivity contribution in [3.05, 3.63) is 22.4 Å². The molecule has 0 bridgehead atoms. The molecule has 1 unspecified atom stereocenters. The second-order valence-corrected chi connectivity index (χ2v) is 3.80. The van der Waals surface area contributed by atoms with Gasteiger partial charge in [-0.2, -0.15) is 13.2 Å². The van der Waals surface area contributed by atoms with Crippen LogP contribution in [0.4, 0.5) is 13.2 Å². The van der Waals surface area contributed by atoms with Gasteiger partial charge in [0.05, 0.1) is 0 Å². The maximum atomic E-state index is 11.8. The van der Waals surface area contributed by atoms with Crippen LogP contribution in [0.1, 0.15) is 4.88 Å². The van der Waals surface area contributed by atoms with Crippen molar-refractivity contribution in [2.45, 2.75) is 18.8 Å². The summed E-state index contributed by atoms with van der Waals surface area (Å²) in [6.45, 7) is -0.119. The zero-order valence-corrected chi connectivity index (χ0v) is 8.03. The molecule has 2 nitrogen and oxygen atoms in total. The molecule has 2 N–H and O–H groups in total. The first-order chi connectivity index (χ1) is 6.50. The van der Waals surface area contributed by atoms with Gasteiger partial charge in [0.15, 0.2) is 6.10 Å². The van der Waals surface area contributed by atoms with Gasteiger partial charge >= 0.3 is 6.18 Å². The van der Waals surface area contributed by atoms with Crippen molar-refractivity contribution < 1.29 is 18.3 Å². The largest absolute Gasteiger partial charge is 0.415 e. The molecule has 0 amide bonds. The highest BCUT2D eigenvalue weighted by atomic mass is 32.1. The molecule has 1 aromatic rings. The van der Waals surface area contributed by atoms with Gasteiger partial charge < -0.3 is 10.4 Å². The Bertz CT molecular complexity index is 260. The van der Waals surface area contributed by atoms with E-state index in [0.29, 0.717) is 6.54 Å². The Hall–Kier alpha value is -0.590. The molecule has 0 fully saturated rings. The van der Waals surface area contributed by atoms with Gasteiger partial charge in [0.2, 0.25) is 0 Å². The second-order valence-electron chi connectivity index (χ2n) is 2.77. The van der Waals surface area contributed by atoms with Gasteiger partial charge in [-0.15, -0.1) is 11.3 Å². The van der Waals surface area contributed by atoms with E-state index < -0.39 is 18.8 Å². The first-order valence-electron chi connectivity index (χ1n) is 3.98. The van der Waals surface area contributed by atoms with E-state index in [1.54, 1.807) is 0 Å². The summed E-state index contributed by atoms with van der Waals surface area (Å²) in [7, 11) is 0. The van der Waals surface area contributed by atoms with Crippen molar-refractivity contribution in [2.75, 3.05) is 6.54 Å². The number of hydrogen-bond acceptors (Lipinski definition) is 3. The smallest absolute Gasteiger partial charge is 0.382 e. The van der Waals surface area contributed by atoms with Crippen LogP contribution in [-0.2, 0) is 6.54 Å². The summed E-state index contributed by atoms with van der Waals surface area (Å²) >= 11 is 1.46. The summed E-state index contributed by atoms with van der Waals surface area (Å²) in [6, 6.07) is 3.64. The fourth-order valence-electron chi connectivity index (χ4n) is 0.861. The average Bonchev–Trinajstić information content (AvgIpc) is 2.55. The molecule has 1 heterocycles. The lowest BCUT2D eigenvalue weighted by Crippen LogP contribution is -2.38. The Morgan fingerprint density at radius 1 is 1.50 bits per heavy atom. The number of hydrogen-bond donors (Lipinski definition) is 2. The lowest BCUT2D eigenvalue weighted by atomic mass is 10.3.